The summed E-state index contributed by atoms with van der Waals surface area (Å²) in [5.74, 6) is 0.0706. The number of thiophene rings is 1. The molecule has 0 aliphatic carbocycles. The molecule has 13 heteroatoms. The number of aryl methyl sites for hydroxylation is 1. The molecule has 1 atom stereocenters. The van der Waals surface area contributed by atoms with Crippen LogP contribution >= 0.6 is 22.7 Å². The molecule has 0 radical (unpaired) electrons. The highest BCUT2D eigenvalue weighted by Crippen LogP contribution is 2.42. The minimum Gasteiger partial charge on any atom is -0.506 e. The van der Waals surface area contributed by atoms with Gasteiger partial charge in [-0.1, -0.05) is 26.8 Å². The highest BCUT2D eigenvalue weighted by Gasteiger charge is 2.42. The van der Waals surface area contributed by atoms with Crippen molar-refractivity contribution in [3.63, 3.8) is 0 Å². The van der Waals surface area contributed by atoms with Crippen molar-refractivity contribution in [3.8, 4) is 5.75 Å². The molecule has 2 N–H and O–H groups in total. The normalized spacial score (nSPS) is 17.8. The second-order valence-electron chi connectivity index (χ2n) is 15.4. The molecule has 1 amide bonds. The lowest BCUT2D eigenvalue weighted by Gasteiger charge is -2.47. The maximum Gasteiger partial charge on any atom is 0.273 e. The zero-order chi connectivity index (χ0) is 35.8. The quantitative estimate of drug-likeness (QED) is 0.171. The number of thiazole rings is 1. The summed E-state index contributed by atoms with van der Waals surface area (Å²) in [7, 11) is -0.0792. The van der Waals surface area contributed by atoms with E-state index in [0.29, 0.717) is 37.5 Å². The van der Waals surface area contributed by atoms with E-state index in [1.165, 1.54) is 27.3 Å². The molecule has 2 aliphatic heterocycles. The number of phenolic OH excluding ortho intramolecular Hbond substituents is 1. The van der Waals surface area contributed by atoms with E-state index in [2.05, 4.69) is 72.8 Å². The lowest BCUT2D eigenvalue weighted by Crippen LogP contribution is -2.58. The topological polar surface area (TPSA) is 111 Å². The maximum atomic E-state index is 13.1. The number of amides is 1. The van der Waals surface area contributed by atoms with E-state index in [0.717, 1.165) is 54.9 Å². The van der Waals surface area contributed by atoms with E-state index in [1.54, 1.807) is 12.1 Å². The molecule has 270 valence electrons. The highest BCUT2D eigenvalue weighted by atomic mass is 32.1. The van der Waals surface area contributed by atoms with E-state index in [1.807, 2.05) is 34.6 Å². The molecule has 50 heavy (non-hydrogen) atoms. The van der Waals surface area contributed by atoms with Gasteiger partial charge in [0.2, 0.25) is 5.56 Å². The SMILES string of the molecule is Cc1nc(C(=O)N2CCOC3(CCN(CCc4ccc(N(C)C[C@H](O[Si](C)(C)C(C)(C)C)c5ccc(O)c6[nH]c(=O)ccc56)s4)CC3)C2)cs1. The van der Waals surface area contributed by atoms with E-state index in [-0.39, 0.29) is 34.0 Å². The number of carbonyl (C=O) groups is 1. The first-order valence-corrected chi connectivity index (χ1v) is 22.1. The monoisotopic (exact) mass is 737 g/mol. The number of aromatic nitrogens is 2. The van der Waals surface area contributed by atoms with Crippen molar-refractivity contribution >= 4 is 52.8 Å². The molecule has 1 aromatic carbocycles. The zero-order valence-corrected chi connectivity index (χ0v) is 33.0. The summed E-state index contributed by atoms with van der Waals surface area (Å²) in [5.41, 5.74) is 1.43. The number of nitrogens with zero attached hydrogens (tertiary/aromatic N) is 4. The van der Waals surface area contributed by atoms with E-state index >= 15 is 0 Å². The number of anilines is 1. The molecule has 4 aromatic rings. The van der Waals surface area contributed by atoms with Crippen LogP contribution in [0.5, 0.6) is 5.75 Å². The molecule has 6 rings (SSSR count). The number of phenols is 1. The predicted octanol–water partition coefficient (Wildman–Crippen LogP) is 6.81. The van der Waals surface area contributed by atoms with Crippen molar-refractivity contribution in [2.45, 2.75) is 76.8 Å². The summed E-state index contributed by atoms with van der Waals surface area (Å²) >= 11 is 3.33. The number of likely N-dealkylation sites (tertiary alicyclic amines) is 1. The molecular weight excluding hydrogens is 687 g/mol. The lowest BCUT2D eigenvalue weighted by atomic mass is 9.89. The number of nitrogens with one attached hydrogen (secondary N) is 1. The number of fused-ring (bicyclic) bond motifs is 1. The minimum atomic E-state index is -2.19. The van der Waals surface area contributed by atoms with Crippen LogP contribution < -0.4 is 10.5 Å². The minimum absolute atomic E-state index is 0.00968. The molecule has 10 nitrogen and oxygen atoms in total. The van der Waals surface area contributed by atoms with Gasteiger partial charge in [-0.15, -0.1) is 22.7 Å². The van der Waals surface area contributed by atoms with Crippen molar-refractivity contribution in [2.75, 3.05) is 57.8 Å². The number of aromatic hydroxyl groups is 1. The molecule has 5 heterocycles. The molecule has 0 bridgehead atoms. The number of piperidine rings is 1. The highest BCUT2D eigenvalue weighted by molar-refractivity contribution is 7.16. The van der Waals surface area contributed by atoms with Crippen molar-refractivity contribution in [1.29, 1.82) is 0 Å². The van der Waals surface area contributed by atoms with Crippen molar-refractivity contribution in [1.82, 2.24) is 19.8 Å². The van der Waals surface area contributed by atoms with E-state index in [9.17, 15) is 14.7 Å². The van der Waals surface area contributed by atoms with Gasteiger partial charge in [0.1, 0.15) is 11.4 Å². The number of rotatable bonds is 10. The Morgan fingerprint density at radius 3 is 2.62 bits per heavy atom. The molecule has 2 fully saturated rings. The van der Waals surface area contributed by atoms with Crippen LogP contribution in [0.25, 0.3) is 10.9 Å². The summed E-state index contributed by atoms with van der Waals surface area (Å²) in [6.45, 7) is 18.5. The van der Waals surface area contributed by atoms with Gasteiger partial charge in [-0.2, -0.15) is 0 Å². The Kier molecular flexibility index (Phi) is 10.7. The number of hydrogen-bond acceptors (Lipinski definition) is 10. The Hall–Kier alpha value is -3.07. The molecule has 0 saturated carbocycles. The first-order valence-electron chi connectivity index (χ1n) is 17.5. The number of aromatic amines is 1. The van der Waals surface area contributed by atoms with Gasteiger partial charge >= 0.3 is 0 Å². The fourth-order valence-electron chi connectivity index (χ4n) is 6.71. The average Bonchev–Trinajstić information content (AvgIpc) is 3.73. The number of ether oxygens (including phenoxy) is 1. The van der Waals surface area contributed by atoms with Crippen LogP contribution in [-0.2, 0) is 15.6 Å². The largest absolute Gasteiger partial charge is 0.506 e. The standard InChI is InChI=1S/C37H51N5O5S2Si/c1-25-38-29(23-48-25)35(45)42-20-21-46-37(24-42)15-18-41(19-16-37)17-14-26-8-13-33(49-26)40(5)22-31(47-50(6,7)36(2,3)4)27-9-11-30(43)34-28(27)10-12-32(44)39-34/h8-13,23,31,43H,14-22,24H2,1-7H3,(H,39,44)/t31-/m0/s1. The second-order valence-corrected chi connectivity index (χ2v) is 22.3. The Bertz CT molecular complexity index is 1870. The molecule has 1 spiro atoms. The van der Waals surface area contributed by atoms with Gasteiger partial charge in [0.25, 0.3) is 5.91 Å². The number of H-pyrrole nitrogens is 1. The van der Waals surface area contributed by atoms with Gasteiger partial charge < -0.3 is 34.0 Å². The van der Waals surface area contributed by atoms with Crippen molar-refractivity contribution < 1.29 is 19.1 Å². The van der Waals surface area contributed by atoms with Gasteiger partial charge in [0.05, 0.1) is 40.4 Å². The van der Waals surface area contributed by atoms with E-state index in [4.69, 9.17) is 9.16 Å². The fourth-order valence-corrected chi connectivity index (χ4v) is 9.53. The third-order valence-corrected chi connectivity index (χ3v) is 17.3. The number of hydrogen-bond donors (Lipinski definition) is 2. The Labute approximate surface area is 304 Å². The predicted molar refractivity (Wildman–Crippen MR) is 206 cm³/mol. The fraction of sp³-hybridized carbons (Fsp3) is 0.541. The van der Waals surface area contributed by atoms with E-state index < -0.39 is 8.32 Å². The number of benzene rings is 1. The number of pyridine rings is 1. The third-order valence-electron chi connectivity index (χ3n) is 10.8. The zero-order valence-electron chi connectivity index (χ0n) is 30.4. The van der Waals surface area contributed by atoms with Crippen LogP contribution in [0.4, 0.5) is 5.00 Å². The van der Waals surface area contributed by atoms with Crippen LogP contribution in [0.15, 0.2) is 46.6 Å². The number of likely N-dealkylation sites (N-methyl/N-ethyl adjacent to an activating group) is 1. The van der Waals surface area contributed by atoms with Crippen LogP contribution in [-0.4, -0.2) is 97.6 Å². The molecule has 3 aromatic heterocycles. The molecule has 2 aliphatic rings. The smallest absolute Gasteiger partial charge is 0.273 e. The summed E-state index contributed by atoms with van der Waals surface area (Å²) in [5, 5.41) is 15.3. The van der Waals surface area contributed by atoms with Gasteiger partial charge in [0.15, 0.2) is 8.32 Å². The summed E-state index contributed by atoms with van der Waals surface area (Å²) < 4.78 is 13.4. The summed E-state index contributed by atoms with van der Waals surface area (Å²) in [4.78, 5) is 40.5. The van der Waals surface area contributed by atoms with Gasteiger partial charge in [-0.25, -0.2) is 4.98 Å². The third kappa shape index (κ3) is 8.03. The molecule has 2 saturated heterocycles. The lowest BCUT2D eigenvalue weighted by molar-refractivity contribution is -0.127. The maximum absolute atomic E-state index is 13.1. The number of carbonyl (C=O) groups excluding carboxylic acids is 1. The summed E-state index contributed by atoms with van der Waals surface area (Å²) in [6.07, 6.45) is 2.54. The second kappa shape index (κ2) is 14.5. The van der Waals surface area contributed by atoms with Crippen LogP contribution in [0, 0.1) is 6.92 Å². The summed E-state index contributed by atoms with van der Waals surface area (Å²) in [6, 6.07) is 11.3. The van der Waals surface area contributed by atoms with Crippen molar-refractivity contribution in [3.05, 3.63) is 73.3 Å². The Balaban J connectivity index is 1.08. The number of morpholine rings is 1. The molecule has 0 unspecified atom stereocenters. The average molecular weight is 738 g/mol. The van der Waals surface area contributed by atoms with Crippen LogP contribution in [0.2, 0.25) is 18.1 Å². The van der Waals surface area contributed by atoms with Crippen molar-refractivity contribution in [2.24, 2.45) is 0 Å². The van der Waals surface area contributed by atoms with Gasteiger partial charge in [-0.3, -0.25) is 9.59 Å². The van der Waals surface area contributed by atoms with Gasteiger partial charge in [0, 0.05) is 61.5 Å². The first-order chi connectivity index (χ1) is 23.6. The Morgan fingerprint density at radius 1 is 1.16 bits per heavy atom. The van der Waals surface area contributed by atoms with Gasteiger partial charge in [-0.05, 0) is 74.1 Å². The Morgan fingerprint density at radius 2 is 1.92 bits per heavy atom. The molecular formula is C37H51N5O5S2Si. The van der Waals surface area contributed by atoms with Crippen LogP contribution in [0.1, 0.15) is 65.7 Å². The van der Waals surface area contributed by atoms with Crippen LogP contribution in [0.3, 0.4) is 0 Å². The first kappa shape index (κ1) is 36.7.